The highest BCUT2D eigenvalue weighted by atomic mass is 32.2. The molecule has 0 fully saturated rings. The molecule has 21 heavy (non-hydrogen) atoms. The summed E-state index contributed by atoms with van der Waals surface area (Å²) in [5.41, 5.74) is 1.40. The van der Waals surface area contributed by atoms with Gasteiger partial charge >= 0.3 is 5.97 Å². The highest BCUT2D eigenvalue weighted by Gasteiger charge is 2.26. The molecule has 0 aliphatic carbocycles. The first-order valence-corrected chi connectivity index (χ1v) is 7.58. The summed E-state index contributed by atoms with van der Waals surface area (Å²) in [5, 5.41) is 9.05. The third kappa shape index (κ3) is 2.75. The minimum absolute atomic E-state index is 0.0526. The number of carboxylic acids is 1. The standard InChI is InChI=1S/C13H15N3O4S/c1-7-4-5-14-6-10(7)16-21(19,20)12-8(2)11(13(17)18)15-9(12)3/h4-6,15-16H,1-3H3,(H,17,18). The number of nitrogens with one attached hydrogen (secondary N) is 2. The number of sulfonamides is 1. The zero-order valence-electron chi connectivity index (χ0n) is 11.8. The summed E-state index contributed by atoms with van der Waals surface area (Å²) >= 11 is 0. The van der Waals surface area contributed by atoms with E-state index in [4.69, 9.17) is 5.11 Å². The summed E-state index contributed by atoms with van der Waals surface area (Å²) in [5.74, 6) is -1.20. The lowest BCUT2D eigenvalue weighted by molar-refractivity contribution is 0.0690. The number of aromatic carboxylic acids is 1. The van der Waals surface area contributed by atoms with E-state index >= 15 is 0 Å². The van der Waals surface area contributed by atoms with Crippen molar-refractivity contribution in [1.29, 1.82) is 0 Å². The van der Waals surface area contributed by atoms with Crippen LogP contribution in [0.2, 0.25) is 0 Å². The Labute approximate surface area is 122 Å². The normalized spacial score (nSPS) is 11.4. The van der Waals surface area contributed by atoms with Gasteiger partial charge in [0.1, 0.15) is 10.6 Å². The molecule has 0 radical (unpaired) electrons. The van der Waals surface area contributed by atoms with Crippen LogP contribution in [0.3, 0.4) is 0 Å². The van der Waals surface area contributed by atoms with Crippen molar-refractivity contribution in [3.05, 3.63) is 41.0 Å². The summed E-state index contributed by atoms with van der Waals surface area (Å²) in [6.07, 6.45) is 2.96. The fraction of sp³-hybridized carbons (Fsp3) is 0.231. The van der Waals surface area contributed by atoms with Gasteiger partial charge in [-0.1, -0.05) is 0 Å². The van der Waals surface area contributed by atoms with Gasteiger partial charge in [-0.3, -0.25) is 9.71 Å². The summed E-state index contributed by atoms with van der Waals surface area (Å²) in [6.45, 7) is 4.72. The number of aryl methyl sites for hydroxylation is 2. The van der Waals surface area contributed by atoms with Gasteiger partial charge in [0.25, 0.3) is 10.0 Å². The van der Waals surface area contributed by atoms with Gasteiger partial charge in [-0.25, -0.2) is 13.2 Å². The van der Waals surface area contributed by atoms with Crippen LogP contribution >= 0.6 is 0 Å². The minimum Gasteiger partial charge on any atom is -0.477 e. The molecule has 7 nitrogen and oxygen atoms in total. The van der Waals surface area contributed by atoms with Crippen molar-refractivity contribution in [1.82, 2.24) is 9.97 Å². The maximum Gasteiger partial charge on any atom is 0.352 e. The third-order valence-corrected chi connectivity index (χ3v) is 4.77. The molecular formula is C13H15N3O4S. The number of hydrogen-bond donors (Lipinski definition) is 3. The molecule has 112 valence electrons. The highest BCUT2D eigenvalue weighted by molar-refractivity contribution is 7.92. The molecule has 0 spiro atoms. The number of hydrogen-bond acceptors (Lipinski definition) is 4. The Morgan fingerprint density at radius 1 is 1.33 bits per heavy atom. The molecule has 2 rings (SSSR count). The topological polar surface area (TPSA) is 112 Å². The number of anilines is 1. The van der Waals surface area contributed by atoms with Gasteiger partial charge < -0.3 is 10.1 Å². The van der Waals surface area contributed by atoms with Crippen LogP contribution in [0.5, 0.6) is 0 Å². The van der Waals surface area contributed by atoms with Gasteiger partial charge in [0.05, 0.1) is 11.9 Å². The van der Waals surface area contributed by atoms with Gasteiger partial charge in [-0.2, -0.15) is 0 Å². The molecule has 2 heterocycles. The zero-order valence-corrected chi connectivity index (χ0v) is 12.6. The summed E-state index contributed by atoms with van der Waals surface area (Å²) in [6, 6.07) is 1.68. The Bertz CT molecular complexity index is 809. The lowest BCUT2D eigenvalue weighted by Gasteiger charge is -2.10. The van der Waals surface area contributed by atoms with Crippen LogP contribution in [0.25, 0.3) is 0 Å². The Kier molecular flexibility index (Phi) is 3.73. The van der Waals surface area contributed by atoms with Gasteiger partial charge in [0.2, 0.25) is 0 Å². The second kappa shape index (κ2) is 5.21. The van der Waals surface area contributed by atoms with Crippen molar-refractivity contribution in [2.75, 3.05) is 4.72 Å². The smallest absolute Gasteiger partial charge is 0.352 e. The fourth-order valence-electron chi connectivity index (χ4n) is 2.12. The van der Waals surface area contributed by atoms with Crippen molar-refractivity contribution in [3.8, 4) is 0 Å². The first kappa shape index (κ1) is 15.0. The second-order valence-corrected chi connectivity index (χ2v) is 6.30. The molecular weight excluding hydrogens is 294 g/mol. The molecule has 0 unspecified atom stereocenters. The van der Waals surface area contributed by atoms with Crippen LogP contribution in [-0.4, -0.2) is 29.5 Å². The Hall–Kier alpha value is -2.35. The van der Waals surface area contributed by atoms with Gasteiger partial charge in [0, 0.05) is 17.5 Å². The highest BCUT2D eigenvalue weighted by Crippen LogP contribution is 2.26. The molecule has 2 aromatic rings. The Morgan fingerprint density at radius 3 is 2.52 bits per heavy atom. The monoisotopic (exact) mass is 309 g/mol. The molecule has 0 atom stereocenters. The van der Waals surface area contributed by atoms with E-state index in [1.807, 2.05) is 0 Å². The Morgan fingerprint density at radius 2 is 2.00 bits per heavy atom. The number of nitrogens with zero attached hydrogens (tertiary/aromatic N) is 1. The molecule has 8 heteroatoms. The van der Waals surface area contributed by atoms with Crippen molar-refractivity contribution in [3.63, 3.8) is 0 Å². The number of pyridine rings is 1. The van der Waals surface area contributed by atoms with E-state index in [1.54, 1.807) is 19.2 Å². The maximum absolute atomic E-state index is 12.5. The fourth-order valence-corrected chi connectivity index (χ4v) is 3.68. The second-order valence-electron chi connectivity index (χ2n) is 4.68. The summed E-state index contributed by atoms with van der Waals surface area (Å²) in [7, 11) is -3.89. The van der Waals surface area contributed by atoms with Crippen molar-refractivity contribution >= 4 is 21.7 Å². The molecule has 0 saturated carbocycles. The van der Waals surface area contributed by atoms with Crippen molar-refractivity contribution in [2.24, 2.45) is 0 Å². The van der Waals surface area contributed by atoms with Crippen LogP contribution in [0, 0.1) is 20.8 Å². The molecule has 3 N–H and O–H groups in total. The van der Waals surface area contributed by atoms with Crippen molar-refractivity contribution in [2.45, 2.75) is 25.7 Å². The van der Waals surface area contributed by atoms with E-state index in [0.717, 1.165) is 5.56 Å². The van der Waals surface area contributed by atoms with E-state index in [0.29, 0.717) is 5.69 Å². The van der Waals surface area contributed by atoms with E-state index in [1.165, 1.54) is 20.0 Å². The Balaban J connectivity index is 2.51. The van der Waals surface area contributed by atoms with E-state index in [-0.39, 0.29) is 21.8 Å². The number of aromatic amines is 1. The van der Waals surface area contributed by atoms with Gasteiger partial charge in [-0.15, -0.1) is 0 Å². The molecule has 0 saturated heterocycles. The molecule has 0 bridgehead atoms. The number of rotatable bonds is 4. The summed E-state index contributed by atoms with van der Waals surface area (Å²) in [4.78, 5) is 17.5. The molecule has 0 amide bonds. The minimum atomic E-state index is -3.89. The maximum atomic E-state index is 12.5. The molecule has 2 aromatic heterocycles. The average molecular weight is 309 g/mol. The van der Waals surface area contributed by atoms with E-state index in [9.17, 15) is 13.2 Å². The zero-order chi connectivity index (χ0) is 15.8. The SMILES string of the molecule is Cc1ccncc1NS(=O)(=O)c1c(C)[nH]c(C(=O)O)c1C. The molecule has 0 aromatic carbocycles. The van der Waals surface area contributed by atoms with Crippen LogP contribution in [0.15, 0.2) is 23.4 Å². The lowest BCUT2D eigenvalue weighted by atomic mass is 10.2. The average Bonchev–Trinajstić information content (AvgIpc) is 2.68. The van der Waals surface area contributed by atoms with Gasteiger partial charge in [-0.05, 0) is 32.4 Å². The number of carboxylic acid groups (broad SMARTS) is 1. The predicted molar refractivity (Wildman–Crippen MR) is 77.0 cm³/mol. The van der Waals surface area contributed by atoms with Gasteiger partial charge in [0.15, 0.2) is 0 Å². The quantitative estimate of drug-likeness (QED) is 0.797. The summed E-state index contributed by atoms with van der Waals surface area (Å²) < 4.78 is 27.4. The molecule has 0 aliphatic heterocycles. The van der Waals surface area contributed by atoms with E-state index in [2.05, 4.69) is 14.7 Å². The first-order valence-electron chi connectivity index (χ1n) is 6.10. The van der Waals surface area contributed by atoms with Crippen LogP contribution < -0.4 is 4.72 Å². The number of carbonyl (C=O) groups is 1. The van der Waals surface area contributed by atoms with Crippen LogP contribution in [-0.2, 0) is 10.0 Å². The van der Waals surface area contributed by atoms with Crippen LogP contribution in [0.4, 0.5) is 5.69 Å². The van der Waals surface area contributed by atoms with E-state index < -0.39 is 16.0 Å². The molecule has 0 aliphatic rings. The number of H-pyrrole nitrogens is 1. The largest absolute Gasteiger partial charge is 0.477 e. The van der Waals surface area contributed by atoms with Crippen molar-refractivity contribution < 1.29 is 18.3 Å². The number of aromatic nitrogens is 2. The lowest BCUT2D eigenvalue weighted by Crippen LogP contribution is -2.15. The third-order valence-electron chi connectivity index (χ3n) is 3.13. The van der Waals surface area contributed by atoms with Crippen LogP contribution in [0.1, 0.15) is 27.3 Å². The predicted octanol–water partition coefficient (Wildman–Crippen LogP) is 1.83. The first-order chi connectivity index (χ1) is 9.74.